The molecule has 6 nitrogen and oxygen atoms in total. The van der Waals surface area contributed by atoms with Crippen LogP contribution in [-0.2, 0) is 22.9 Å². The molecule has 1 atom stereocenters. The molecule has 24 heavy (non-hydrogen) atoms. The van der Waals surface area contributed by atoms with Crippen molar-refractivity contribution in [3.63, 3.8) is 0 Å². The highest BCUT2D eigenvalue weighted by molar-refractivity contribution is 7.88. The fraction of sp³-hybridized carbons (Fsp3) is 0.529. The van der Waals surface area contributed by atoms with Gasteiger partial charge in [0, 0.05) is 13.0 Å². The average Bonchev–Trinajstić information content (AvgIpc) is 3.04. The smallest absolute Gasteiger partial charge is 0.245 e. The van der Waals surface area contributed by atoms with E-state index in [1.165, 1.54) is 16.1 Å². The molecule has 1 aliphatic rings. The Labute approximate surface area is 142 Å². The van der Waals surface area contributed by atoms with Crippen LogP contribution >= 0.6 is 0 Å². The lowest BCUT2D eigenvalue weighted by Crippen LogP contribution is -2.37. The Morgan fingerprint density at radius 3 is 2.75 bits per heavy atom. The Bertz CT molecular complexity index is 758. The lowest BCUT2D eigenvalue weighted by atomic mass is 10.1. The SMILES string of the molecule is CS(=O)(=O)N1CCCC[C@H]1c1nc(CCCc2ccccc2)no1. The van der Waals surface area contributed by atoms with Gasteiger partial charge in [0.2, 0.25) is 15.9 Å². The van der Waals surface area contributed by atoms with Gasteiger partial charge in [-0.15, -0.1) is 0 Å². The van der Waals surface area contributed by atoms with Crippen LogP contribution in [0.1, 0.15) is 49.0 Å². The van der Waals surface area contributed by atoms with E-state index in [-0.39, 0.29) is 6.04 Å². The minimum atomic E-state index is -3.26. The Hall–Kier alpha value is -1.73. The maximum Gasteiger partial charge on any atom is 0.245 e. The van der Waals surface area contributed by atoms with Gasteiger partial charge in [-0.05, 0) is 31.2 Å². The van der Waals surface area contributed by atoms with Crippen LogP contribution in [0.3, 0.4) is 0 Å². The normalized spacial score (nSPS) is 19.5. The molecule has 0 N–H and O–H groups in total. The summed E-state index contributed by atoms with van der Waals surface area (Å²) in [6.45, 7) is 0.523. The van der Waals surface area contributed by atoms with Gasteiger partial charge in [0.15, 0.2) is 5.82 Å². The third kappa shape index (κ3) is 4.21. The van der Waals surface area contributed by atoms with E-state index in [0.29, 0.717) is 18.3 Å². The molecule has 2 aromatic rings. The number of aryl methyl sites for hydroxylation is 2. The van der Waals surface area contributed by atoms with Gasteiger partial charge in [-0.2, -0.15) is 9.29 Å². The number of benzene rings is 1. The van der Waals surface area contributed by atoms with Crippen LogP contribution in [0.15, 0.2) is 34.9 Å². The number of aromatic nitrogens is 2. The second-order valence-electron chi connectivity index (χ2n) is 6.27. The molecule has 0 saturated carbocycles. The topological polar surface area (TPSA) is 76.3 Å². The fourth-order valence-electron chi connectivity index (χ4n) is 3.15. The predicted molar refractivity (Wildman–Crippen MR) is 90.9 cm³/mol. The van der Waals surface area contributed by atoms with Crippen LogP contribution in [-0.4, -0.2) is 35.7 Å². The summed E-state index contributed by atoms with van der Waals surface area (Å²) in [5.74, 6) is 1.08. The Morgan fingerprint density at radius 1 is 1.21 bits per heavy atom. The number of rotatable bonds is 6. The van der Waals surface area contributed by atoms with Crippen LogP contribution in [0.2, 0.25) is 0 Å². The van der Waals surface area contributed by atoms with Crippen molar-refractivity contribution in [3.05, 3.63) is 47.6 Å². The lowest BCUT2D eigenvalue weighted by molar-refractivity contribution is 0.205. The van der Waals surface area contributed by atoms with E-state index >= 15 is 0 Å². The Morgan fingerprint density at radius 2 is 2.00 bits per heavy atom. The van der Waals surface area contributed by atoms with Gasteiger partial charge < -0.3 is 4.52 Å². The van der Waals surface area contributed by atoms with E-state index in [0.717, 1.165) is 38.5 Å². The van der Waals surface area contributed by atoms with Gasteiger partial charge in [-0.25, -0.2) is 8.42 Å². The van der Waals surface area contributed by atoms with Gasteiger partial charge in [0.05, 0.1) is 6.26 Å². The summed E-state index contributed by atoms with van der Waals surface area (Å²) in [5.41, 5.74) is 1.29. The summed E-state index contributed by atoms with van der Waals surface area (Å²) in [6.07, 6.45) is 6.45. The van der Waals surface area contributed by atoms with Gasteiger partial charge >= 0.3 is 0 Å². The molecule has 0 spiro atoms. The summed E-state index contributed by atoms with van der Waals surface area (Å²) in [5, 5.41) is 4.03. The van der Waals surface area contributed by atoms with E-state index in [2.05, 4.69) is 22.3 Å². The molecule has 0 amide bonds. The van der Waals surface area contributed by atoms with Crippen molar-refractivity contribution in [2.45, 2.75) is 44.6 Å². The molecule has 0 aliphatic carbocycles. The number of piperidine rings is 1. The molecule has 0 radical (unpaired) electrons. The Kier molecular flexibility index (Phi) is 5.30. The van der Waals surface area contributed by atoms with Crippen molar-refractivity contribution in [2.24, 2.45) is 0 Å². The molecule has 1 aromatic carbocycles. The van der Waals surface area contributed by atoms with Crippen LogP contribution in [0.4, 0.5) is 0 Å². The molecular weight excluding hydrogens is 326 g/mol. The zero-order valence-corrected chi connectivity index (χ0v) is 14.7. The van der Waals surface area contributed by atoms with Crippen LogP contribution in [0, 0.1) is 0 Å². The zero-order chi connectivity index (χ0) is 17.0. The summed E-state index contributed by atoms with van der Waals surface area (Å²) >= 11 is 0. The van der Waals surface area contributed by atoms with Crippen molar-refractivity contribution < 1.29 is 12.9 Å². The first-order valence-corrected chi connectivity index (χ1v) is 10.2. The number of nitrogens with zero attached hydrogens (tertiary/aromatic N) is 3. The molecule has 1 aliphatic heterocycles. The average molecular weight is 349 g/mol. The van der Waals surface area contributed by atoms with Crippen molar-refractivity contribution in [1.29, 1.82) is 0 Å². The van der Waals surface area contributed by atoms with E-state index in [1.807, 2.05) is 18.2 Å². The lowest BCUT2D eigenvalue weighted by Gasteiger charge is -2.30. The first-order valence-electron chi connectivity index (χ1n) is 8.37. The van der Waals surface area contributed by atoms with E-state index < -0.39 is 10.0 Å². The first-order chi connectivity index (χ1) is 11.5. The minimum absolute atomic E-state index is 0.316. The zero-order valence-electron chi connectivity index (χ0n) is 13.9. The highest BCUT2D eigenvalue weighted by Crippen LogP contribution is 2.31. The summed E-state index contributed by atoms with van der Waals surface area (Å²) in [4.78, 5) is 4.44. The highest BCUT2D eigenvalue weighted by atomic mass is 32.2. The van der Waals surface area contributed by atoms with E-state index in [4.69, 9.17) is 4.52 Å². The second-order valence-corrected chi connectivity index (χ2v) is 8.21. The molecule has 0 bridgehead atoms. The minimum Gasteiger partial charge on any atom is -0.338 e. The summed E-state index contributed by atoms with van der Waals surface area (Å²) < 4.78 is 30.7. The standard InChI is InChI=1S/C17H23N3O3S/c1-24(21,22)20-13-6-5-11-15(20)17-18-16(19-23-17)12-7-10-14-8-3-2-4-9-14/h2-4,8-9,15H,5-7,10-13H2,1H3/t15-/m0/s1. The molecule has 130 valence electrons. The molecular formula is C17H23N3O3S. The maximum absolute atomic E-state index is 11.9. The first kappa shape index (κ1) is 17.1. The summed E-state index contributed by atoms with van der Waals surface area (Å²) in [7, 11) is -3.26. The molecule has 1 saturated heterocycles. The predicted octanol–water partition coefficient (Wildman–Crippen LogP) is 2.73. The molecule has 1 aromatic heterocycles. The molecule has 7 heteroatoms. The number of hydrogen-bond donors (Lipinski definition) is 0. The highest BCUT2D eigenvalue weighted by Gasteiger charge is 2.34. The van der Waals surface area contributed by atoms with E-state index in [9.17, 15) is 8.42 Å². The third-order valence-electron chi connectivity index (χ3n) is 4.36. The van der Waals surface area contributed by atoms with Crippen LogP contribution in [0.5, 0.6) is 0 Å². The third-order valence-corrected chi connectivity index (χ3v) is 5.65. The molecule has 0 unspecified atom stereocenters. The monoisotopic (exact) mass is 349 g/mol. The van der Waals surface area contributed by atoms with Crippen LogP contribution < -0.4 is 0 Å². The quantitative estimate of drug-likeness (QED) is 0.801. The second kappa shape index (κ2) is 7.44. The van der Waals surface area contributed by atoms with Gasteiger partial charge in [-0.3, -0.25) is 0 Å². The number of sulfonamides is 1. The van der Waals surface area contributed by atoms with Crippen LogP contribution in [0.25, 0.3) is 0 Å². The Balaban J connectivity index is 1.62. The van der Waals surface area contributed by atoms with Gasteiger partial charge in [0.25, 0.3) is 0 Å². The number of hydrogen-bond acceptors (Lipinski definition) is 5. The van der Waals surface area contributed by atoms with Gasteiger partial charge in [0.1, 0.15) is 6.04 Å². The van der Waals surface area contributed by atoms with Gasteiger partial charge in [-0.1, -0.05) is 41.9 Å². The van der Waals surface area contributed by atoms with Crippen molar-refractivity contribution in [2.75, 3.05) is 12.8 Å². The molecule has 3 rings (SSSR count). The molecule has 1 fully saturated rings. The van der Waals surface area contributed by atoms with E-state index in [1.54, 1.807) is 0 Å². The van der Waals surface area contributed by atoms with Crippen molar-refractivity contribution in [1.82, 2.24) is 14.4 Å². The summed E-state index contributed by atoms with van der Waals surface area (Å²) in [6, 6.07) is 9.97. The molecule has 2 heterocycles. The van der Waals surface area contributed by atoms with Crippen molar-refractivity contribution >= 4 is 10.0 Å². The maximum atomic E-state index is 11.9. The van der Waals surface area contributed by atoms with Crippen molar-refractivity contribution in [3.8, 4) is 0 Å². The largest absolute Gasteiger partial charge is 0.338 e. The fourth-order valence-corrected chi connectivity index (χ4v) is 4.27.